The molecular formula is C26H28ClFN4O5S. The van der Waals surface area contributed by atoms with E-state index in [-0.39, 0.29) is 11.7 Å². The number of nitrogens with zero attached hydrogens (tertiary/aromatic N) is 4. The van der Waals surface area contributed by atoms with Crippen LogP contribution in [0.4, 0.5) is 4.39 Å². The summed E-state index contributed by atoms with van der Waals surface area (Å²) in [6.45, 7) is 2.62. The Morgan fingerprint density at radius 1 is 1.29 bits per heavy atom. The van der Waals surface area contributed by atoms with Crippen molar-refractivity contribution >= 4 is 29.3 Å². The largest absolute Gasteiger partial charge is 0.394 e. The maximum Gasteiger partial charge on any atom is 0.254 e. The van der Waals surface area contributed by atoms with E-state index in [0.717, 1.165) is 6.42 Å². The summed E-state index contributed by atoms with van der Waals surface area (Å²) in [5.74, 6) is -0.457. The second-order valence-electron chi connectivity index (χ2n) is 9.36. The number of carbonyl (C=O) groups excluding carboxylic acids is 1. The molecule has 0 saturated carbocycles. The lowest BCUT2D eigenvalue weighted by atomic mass is 9.97. The third-order valence-corrected chi connectivity index (χ3v) is 8.38. The Morgan fingerprint density at radius 3 is 2.74 bits per heavy atom. The van der Waals surface area contributed by atoms with Gasteiger partial charge in [-0.05, 0) is 43.2 Å². The minimum atomic E-state index is -1.19. The maximum atomic E-state index is 14.2. The first-order valence-electron chi connectivity index (χ1n) is 12.2. The van der Waals surface area contributed by atoms with E-state index < -0.39 is 36.4 Å². The molecule has 9 nitrogen and oxygen atoms in total. The number of rotatable bonds is 7. The van der Waals surface area contributed by atoms with Gasteiger partial charge >= 0.3 is 0 Å². The highest BCUT2D eigenvalue weighted by molar-refractivity contribution is 8.00. The normalized spacial score (nSPS) is 25.3. The quantitative estimate of drug-likeness (QED) is 0.451. The van der Waals surface area contributed by atoms with Crippen molar-refractivity contribution in [1.29, 1.82) is 0 Å². The Balaban J connectivity index is 1.47. The van der Waals surface area contributed by atoms with Crippen LogP contribution in [0, 0.1) is 12.7 Å². The van der Waals surface area contributed by atoms with Gasteiger partial charge in [0.15, 0.2) is 0 Å². The summed E-state index contributed by atoms with van der Waals surface area (Å²) >= 11 is 7.52. The van der Waals surface area contributed by atoms with Crippen molar-refractivity contribution in [2.24, 2.45) is 0 Å². The van der Waals surface area contributed by atoms with Gasteiger partial charge in [-0.25, -0.2) is 9.07 Å². The average Bonchev–Trinajstić information content (AvgIpc) is 3.35. The average molecular weight is 563 g/mol. The molecule has 2 N–H and O–H groups in total. The number of halogens is 2. The monoisotopic (exact) mass is 562 g/mol. The molecule has 202 valence electrons. The summed E-state index contributed by atoms with van der Waals surface area (Å²) in [4.78, 5) is 15.4. The minimum absolute atomic E-state index is 0.0956. The molecule has 2 fully saturated rings. The molecule has 2 aliphatic heterocycles. The summed E-state index contributed by atoms with van der Waals surface area (Å²) in [6, 6.07) is 9.04. The van der Waals surface area contributed by atoms with Gasteiger partial charge in [-0.2, -0.15) is 0 Å². The Labute approximate surface area is 228 Å². The van der Waals surface area contributed by atoms with Gasteiger partial charge in [0.1, 0.15) is 41.3 Å². The van der Waals surface area contributed by atoms with E-state index >= 15 is 0 Å². The lowest BCUT2D eigenvalue weighted by molar-refractivity contribution is -0.186. The minimum Gasteiger partial charge on any atom is -0.394 e. The summed E-state index contributed by atoms with van der Waals surface area (Å²) in [5.41, 5.74) is 1.22. The summed E-state index contributed by atoms with van der Waals surface area (Å²) < 4.78 is 27.5. The highest BCUT2D eigenvalue weighted by atomic mass is 35.5. The standard InChI is InChI=1S/C26H28ClFN4O5S/c1-14-4-5-15(10-18(14)28)19-12-32(30-29-19)22-23(34)20(13-33)37-26(24(22)36-2)38-21-11-16(27)6-7-17(21)25(35)31-8-3-9-31/h4-7,10-12,20,22-24,26,33-34H,3,8-9,13H2,1-2H3/t20?,22-,23-,24?,26+/m0/s1. The fourth-order valence-corrected chi connectivity index (χ4v) is 6.17. The van der Waals surface area contributed by atoms with Gasteiger partial charge < -0.3 is 24.6 Å². The van der Waals surface area contributed by atoms with Gasteiger partial charge in [-0.1, -0.05) is 40.7 Å². The van der Waals surface area contributed by atoms with Crippen LogP contribution in [-0.2, 0) is 9.47 Å². The van der Waals surface area contributed by atoms with Gasteiger partial charge in [0, 0.05) is 35.7 Å². The molecule has 3 heterocycles. The fraction of sp³-hybridized carbons (Fsp3) is 0.423. The van der Waals surface area contributed by atoms with Crippen LogP contribution in [0.2, 0.25) is 5.02 Å². The number of amides is 1. The van der Waals surface area contributed by atoms with Crippen LogP contribution in [0.25, 0.3) is 11.3 Å². The molecule has 2 aromatic carbocycles. The van der Waals surface area contributed by atoms with Gasteiger partial charge in [0.05, 0.1) is 18.4 Å². The number of carbonyl (C=O) groups is 1. The number of likely N-dealkylation sites (tertiary alicyclic amines) is 1. The molecule has 0 spiro atoms. The van der Waals surface area contributed by atoms with Gasteiger partial charge in [-0.3, -0.25) is 4.79 Å². The third-order valence-electron chi connectivity index (χ3n) is 6.94. The van der Waals surface area contributed by atoms with Crippen molar-refractivity contribution in [1.82, 2.24) is 19.9 Å². The zero-order chi connectivity index (χ0) is 27.0. The maximum absolute atomic E-state index is 14.2. The first-order chi connectivity index (χ1) is 18.3. The number of hydrogen-bond acceptors (Lipinski definition) is 8. The summed E-state index contributed by atoms with van der Waals surface area (Å²) in [6.07, 6.45) is -0.335. The number of aromatic nitrogens is 3. The lowest BCUT2D eigenvalue weighted by Crippen LogP contribution is -2.55. The second kappa shape index (κ2) is 11.3. The molecule has 12 heteroatoms. The Bertz CT molecular complexity index is 1320. The zero-order valence-electron chi connectivity index (χ0n) is 20.8. The van der Waals surface area contributed by atoms with E-state index in [4.69, 9.17) is 21.1 Å². The van der Waals surface area contributed by atoms with E-state index in [0.29, 0.717) is 45.4 Å². The van der Waals surface area contributed by atoms with Crippen LogP contribution in [0.15, 0.2) is 47.5 Å². The van der Waals surface area contributed by atoms with E-state index in [2.05, 4.69) is 10.3 Å². The molecule has 3 aromatic rings. The first-order valence-corrected chi connectivity index (χ1v) is 13.5. The molecule has 2 aliphatic rings. The molecule has 2 saturated heterocycles. The summed E-state index contributed by atoms with van der Waals surface area (Å²) in [7, 11) is 1.48. The van der Waals surface area contributed by atoms with Crippen LogP contribution in [0.5, 0.6) is 0 Å². The number of methoxy groups -OCH3 is 1. The molecule has 5 atom stereocenters. The number of aliphatic hydroxyl groups excluding tert-OH is 2. The molecular weight excluding hydrogens is 535 g/mol. The number of aryl methyl sites for hydroxylation is 1. The van der Waals surface area contributed by atoms with Crippen molar-refractivity contribution in [2.45, 2.75) is 48.0 Å². The predicted molar refractivity (Wildman–Crippen MR) is 140 cm³/mol. The number of benzene rings is 2. The smallest absolute Gasteiger partial charge is 0.254 e. The Hall–Kier alpha value is -2.54. The van der Waals surface area contributed by atoms with Crippen LogP contribution in [-0.4, -0.2) is 86.6 Å². The predicted octanol–water partition coefficient (Wildman–Crippen LogP) is 3.32. The molecule has 0 bridgehead atoms. The van der Waals surface area contributed by atoms with Crippen molar-refractivity contribution < 1.29 is 28.9 Å². The fourth-order valence-electron chi connectivity index (χ4n) is 4.60. The lowest BCUT2D eigenvalue weighted by Gasteiger charge is -2.43. The highest BCUT2D eigenvalue weighted by Crippen LogP contribution is 2.41. The molecule has 5 rings (SSSR count). The molecule has 2 unspecified atom stereocenters. The van der Waals surface area contributed by atoms with E-state index in [1.165, 1.54) is 29.6 Å². The van der Waals surface area contributed by atoms with Crippen LogP contribution >= 0.6 is 23.4 Å². The van der Waals surface area contributed by atoms with E-state index in [1.807, 2.05) is 0 Å². The Kier molecular flexibility index (Phi) is 8.03. The number of ether oxygens (including phenoxy) is 2. The van der Waals surface area contributed by atoms with Gasteiger partial charge in [0.25, 0.3) is 5.91 Å². The van der Waals surface area contributed by atoms with Crippen LogP contribution in [0.1, 0.15) is 28.4 Å². The van der Waals surface area contributed by atoms with E-state index in [1.54, 1.807) is 48.4 Å². The van der Waals surface area contributed by atoms with Crippen LogP contribution < -0.4 is 0 Å². The van der Waals surface area contributed by atoms with Crippen molar-refractivity contribution in [2.75, 3.05) is 26.8 Å². The van der Waals surface area contributed by atoms with E-state index in [9.17, 15) is 19.4 Å². The van der Waals surface area contributed by atoms with Gasteiger partial charge in [0.2, 0.25) is 0 Å². The topological polar surface area (TPSA) is 110 Å². The SMILES string of the molecule is COC1[C@@H](Sc2cc(Cl)ccc2C(=O)N2CCC2)OC(CO)[C@H](O)[C@@H]1n1cc(-c2ccc(C)c(F)c2)nn1. The van der Waals surface area contributed by atoms with Crippen molar-refractivity contribution in [3.05, 3.63) is 64.6 Å². The van der Waals surface area contributed by atoms with Gasteiger partial charge in [-0.15, -0.1) is 5.10 Å². The zero-order valence-corrected chi connectivity index (χ0v) is 22.4. The highest BCUT2D eigenvalue weighted by Gasteiger charge is 2.48. The van der Waals surface area contributed by atoms with Crippen molar-refractivity contribution in [3.8, 4) is 11.3 Å². The molecule has 1 amide bonds. The number of hydrogen-bond donors (Lipinski definition) is 2. The molecule has 0 radical (unpaired) electrons. The number of thioether (sulfide) groups is 1. The molecule has 1 aromatic heterocycles. The number of aliphatic hydroxyl groups is 2. The third kappa shape index (κ3) is 5.18. The van der Waals surface area contributed by atoms with Crippen LogP contribution in [0.3, 0.4) is 0 Å². The molecule has 38 heavy (non-hydrogen) atoms. The first kappa shape index (κ1) is 27.0. The van der Waals surface area contributed by atoms with Crippen molar-refractivity contribution in [3.63, 3.8) is 0 Å². The Morgan fingerprint density at radius 2 is 2.08 bits per heavy atom. The summed E-state index contributed by atoms with van der Waals surface area (Å²) in [5, 5.41) is 30.0. The molecule has 0 aliphatic carbocycles. The second-order valence-corrected chi connectivity index (χ2v) is 10.9.